The molecule has 0 radical (unpaired) electrons. The number of nitrogens with two attached hydrogens (primary N) is 1. The molecule has 0 fully saturated rings. The van der Waals surface area contributed by atoms with Crippen LogP contribution in [0.2, 0.25) is 6.82 Å². The fourth-order valence-electron chi connectivity index (χ4n) is 0.923. The number of hydrogen-bond donors (Lipinski definition) is 1. The molecular formula is C7H11BN2. The van der Waals surface area contributed by atoms with Crippen molar-refractivity contribution >= 4 is 18.6 Å². The van der Waals surface area contributed by atoms with Gasteiger partial charge < -0.3 is 5.73 Å². The number of nitrogen functional groups attached to an aromatic ring is 1. The van der Waals surface area contributed by atoms with Crippen LogP contribution >= 0.6 is 0 Å². The van der Waals surface area contributed by atoms with Gasteiger partial charge in [0, 0.05) is 6.20 Å². The van der Waals surface area contributed by atoms with Gasteiger partial charge in [0.1, 0.15) is 5.82 Å². The van der Waals surface area contributed by atoms with Crippen molar-refractivity contribution in [1.29, 1.82) is 0 Å². The first kappa shape index (κ1) is 7.13. The predicted molar refractivity (Wildman–Crippen MR) is 46.0 cm³/mol. The molecular weight excluding hydrogens is 123 g/mol. The smallest absolute Gasteiger partial charge is 0.159 e. The van der Waals surface area contributed by atoms with E-state index < -0.39 is 0 Å². The fourth-order valence-corrected chi connectivity index (χ4v) is 0.923. The predicted octanol–water partition coefficient (Wildman–Crippen LogP) is 0.0821. The molecule has 0 aromatic carbocycles. The average Bonchev–Trinajstić information content (AvgIpc) is 1.94. The van der Waals surface area contributed by atoms with Gasteiger partial charge in [-0.15, -0.1) is 0 Å². The maximum absolute atomic E-state index is 5.59. The minimum Gasteiger partial charge on any atom is -0.384 e. The first-order valence-electron chi connectivity index (χ1n) is 3.45. The van der Waals surface area contributed by atoms with Crippen molar-refractivity contribution in [2.24, 2.45) is 0 Å². The summed E-state index contributed by atoms with van der Waals surface area (Å²) in [6.45, 7) is 4.10. The Kier molecular flexibility index (Phi) is 1.95. The van der Waals surface area contributed by atoms with Crippen molar-refractivity contribution in [2.75, 3.05) is 5.73 Å². The standard InChI is InChI=1S/C7H11BN2/c1-5-3-6(8-2)7(9)10-4-5/h3-4,8H,1-2H3,(H2,9,10). The van der Waals surface area contributed by atoms with Crippen molar-refractivity contribution in [3.05, 3.63) is 17.8 Å². The summed E-state index contributed by atoms with van der Waals surface area (Å²) in [6, 6.07) is 2.07. The molecule has 52 valence electrons. The Hall–Kier alpha value is -0.985. The quantitative estimate of drug-likeness (QED) is 0.552. The van der Waals surface area contributed by atoms with Gasteiger partial charge in [0.2, 0.25) is 0 Å². The van der Waals surface area contributed by atoms with Crippen molar-refractivity contribution in [2.45, 2.75) is 13.7 Å². The zero-order valence-corrected chi connectivity index (χ0v) is 6.39. The number of hydrogen-bond acceptors (Lipinski definition) is 2. The number of aromatic nitrogens is 1. The van der Waals surface area contributed by atoms with Crippen LogP contribution in [0.5, 0.6) is 0 Å². The molecule has 2 N–H and O–H groups in total. The molecule has 10 heavy (non-hydrogen) atoms. The van der Waals surface area contributed by atoms with Crippen molar-refractivity contribution < 1.29 is 0 Å². The molecule has 0 aliphatic carbocycles. The lowest BCUT2D eigenvalue weighted by atomic mass is 9.73. The monoisotopic (exact) mass is 134 g/mol. The second kappa shape index (κ2) is 2.73. The molecule has 1 heterocycles. The molecule has 3 heteroatoms. The molecule has 0 aliphatic rings. The maximum atomic E-state index is 5.59. The molecule has 0 amide bonds. The van der Waals surface area contributed by atoms with Gasteiger partial charge in [0.05, 0.1) is 0 Å². The topological polar surface area (TPSA) is 38.9 Å². The number of anilines is 1. The van der Waals surface area contributed by atoms with E-state index in [1.165, 1.54) is 5.56 Å². The van der Waals surface area contributed by atoms with E-state index in [2.05, 4.69) is 17.9 Å². The molecule has 0 saturated carbocycles. The summed E-state index contributed by atoms with van der Waals surface area (Å²) in [7, 11) is 0.959. The molecule has 1 aromatic heterocycles. The van der Waals surface area contributed by atoms with Gasteiger partial charge in [-0.1, -0.05) is 12.9 Å². The molecule has 2 nitrogen and oxygen atoms in total. The Morgan fingerprint density at radius 1 is 1.60 bits per heavy atom. The molecule has 0 bridgehead atoms. The Labute approximate surface area is 61.7 Å². The van der Waals surface area contributed by atoms with E-state index in [0.717, 1.165) is 12.7 Å². The van der Waals surface area contributed by atoms with Crippen LogP contribution in [-0.2, 0) is 0 Å². The van der Waals surface area contributed by atoms with Gasteiger partial charge in [0.15, 0.2) is 7.28 Å². The SMILES string of the molecule is CBc1cc(C)cnc1N. The number of nitrogens with zero attached hydrogens (tertiary/aromatic N) is 1. The van der Waals surface area contributed by atoms with Gasteiger partial charge in [-0.05, 0) is 17.9 Å². The lowest BCUT2D eigenvalue weighted by Crippen LogP contribution is -2.17. The van der Waals surface area contributed by atoms with Gasteiger partial charge in [-0.2, -0.15) is 0 Å². The van der Waals surface area contributed by atoms with Crippen LogP contribution in [0.25, 0.3) is 0 Å². The van der Waals surface area contributed by atoms with E-state index in [0.29, 0.717) is 5.82 Å². The highest BCUT2D eigenvalue weighted by molar-refractivity contribution is 6.53. The van der Waals surface area contributed by atoms with Gasteiger partial charge in [-0.3, -0.25) is 0 Å². The third-order valence-corrected chi connectivity index (χ3v) is 1.52. The molecule has 0 unspecified atom stereocenters. The summed E-state index contributed by atoms with van der Waals surface area (Å²) < 4.78 is 0. The van der Waals surface area contributed by atoms with E-state index in [9.17, 15) is 0 Å². The molecule has 1 rings (SSSR count). The van der Waals surface area contributed by atoms with Crippen LogP contribution < -0.4 is 11.2 Å². The van der Waals surface area contributed by atoms with Crippen molar-refractivity contribution in [3.8, 4) is 0 Å². The molecule has 0 aliphatic heterocycles. The van der Waals surface area contributed by atoms with Crippen molar-refractivity contribution in [3.63, 3.8) is 0 Å². The van der Waals surface area contributed by atoms with Gasteiger partial charge in [0.25, 0.3) is 0 Å². The average molecular weight is 134 g/mol. The molecule has 0 spiro atoms. The first-order valence-corrected chi connectivity index (χ1v) is 3.45. The fraction of sp³-hybridized carbons (Fsp3) is 0.286. The van der Waals surface area contributed by atoms with Gasteiger partial charge in [-0.25, -0.2) is 4.98 Å². The normalized spacial score (nSPS) is 9.40. The third-order valence-electron chi connectivity index (χ3n) is 1.52. The second-order valence-corrected chi connectivity index (χ2v) is 2.41. The molecule has 0 atom stereocenters. The minimum atomic E-state index is 0.660. The Balaban J connectivity index is 3.09. The molecule has 0 saturated heterocycles. The Morgan fingerprint density at radius 3 is 2.80 bits per heavy atom. The van der Waals surface area contributed by atoms with E-state index >= 15 is 0 Å². The van der Waals surface area contributed by atoms with E-state index in [1.807, 2.05) is 6.92 Å². The zero-order chi connectivity index (χ0) is 7.56. The summed E-state index contributed by atoms with van der Waals surface area (Å²) in [5, 5.41) is 0. The van der Waals surface area contributed by atoms with Crippen LogP contribution in [0.1, 0.15) is 5.56 Å². The van der Waals surface area contributed by atoms with Crippen molar-refractivity contribution in [1.82, 2.24) is 4.98 Å². The van der Waals surface area contributed by atoms with Crippen LogP contribution in [0.3, 0.4) is 0 Å². The highest BCUT2D eigenvalue weighted by Crippen LogP contribution is 1.95. The maximum Gasteiger partial charge on any atom is 0.159 e. The summed E-state index contributed by atoms with van der Waals surface area (Å²) in [4.78, 5) is 4.03. The Morgan fingerprint density at radius 2 is 2.30 bits per heavy atom. The minimum absolute atomic E-state index is 0.660. The van der Waals surface area contributed by atoms with Crippen LogP contribution in [0, 0.1) is 6.92 Å². The lowest BCUT2D eigenvalue weighted by Gasteiger charge is -2.00. The highest BCUT2D eigenvalue weighted by atomic mass is 14.8. The number of rotatable bonds is 1. The van der Waals surface area contributed by atoms with Crippen LogP contribution in [-0.4, -0.2) is 12.3 Å². The number of pyridine rings is 1. The summed E-state index contributed by atoms with van der Waals surface area (Å²) in [5.74, 6) is 0.660. The Bertz CT molecular complexity index is 235. The molecule has 1 aromatic rings. The van der Waals surface area contributed by atoms with E-state index in [1.54, 1.807) is 6.20 Å². The zero-order valence-electron chi connectivity index (χ0n) is 6.39. The lowest BCUT2D eigenvalue weighted by molar-refractivity contribution is 1.29. The van der Waals surface area contributed by atoms with Gasteiger partial charge >= 0.3 is 0 Å². The van der Waals surface area contributed by atoms with Crippen LogP contribution in [0.15, 0.2) is 12.3 Å². The highest BCUT2D eigenvalue weighted by Gasteiger charge is 1.96. The largest absolute Gasteiger partial charge is 0.384 e. The van der Waals surface area contributed by atoms with Crippen LogP contribution in [0.4, 0.5) is 5.82 Å². The number of aryl methyl sites for hydroxylation is 1. The first-order chi connectivity index (χ1) is 4.74. The third kappa shape index (κ3) is 1.29. The second-order valence-electron chi connectivity index (χ2n) is 2.41. The summed E-state index contributed by atoms with van der Waals surface area (Å²) >= 11 is 0. The van der Waals surface area contributed by atoms with E-state index in [4.69, 9.17) is 5.73 Å². The van der Waals surface area contributed by atoms with E-state index in [-0.39, 0.29) is 0 Å². The summed E-state index contributed by atoms with van der Waals surface area (Å²) in [6.07, 6.45) is 1.79. The summed E-state index contributed by atoms with van der Waals surface area (Å²) in [5.41, 5.74) is 7.90.